The second-order valence-electron chi connectivity index (χ2n) is 10.3. The van der Waals surface area contributed by atoms with Crippen LogP contribution in [-0.2, 0) is 25.8 Å². The minimum atomic E-state index is -0.674. The Hall–Kier alpha value is -3.34. The van der Waals surface area contributed by atoms with Crippen LogP contribution in [0.15, 0.2) is 30.3 Å². The number of amides is 5. The number of nitrogens with zero attached hydrogens (tertiary/aromatic N) is 2. The van der Waals surface area contributed by atoms with Gasteiger partial charge in [0.05, 0.1) is 6.04 Å². The highest BCUT2D eigenvalue weighted by atomic mass is 16.7. The molecule has 1 aromatic rings. The zero-order valence-corrected chi connectivity index (χ0v) is 20.3. The topological polar surface area (TPSA) is 129 Å². The maximum Gasteiger partial charge on any atom is 0.407 e. The third kappa shape index (κ3) is 6.02. The number of hydroxylamine groups is 2. The average molecular weight is 488 g/mol. The molecule has 11 heteroatoms. The van der Waals surface area contributed by atoms with Gasteiger partial charge in [-0.25, -0.2) is 9.59 Å². The largest absolute Gasteiger partial charge is 0.444 e. The summed E-state index contributed by atoms with van der Waals surface area (Å²) in [5.41, 5.74) is 5.28. The first kappa shape index (κ1) is 24.8. The van der Waals surface area contributed by atoms with Crippen LogP contribution < -0.4 is 16.2 Å². The molecular formula is C24H33N5O6. The van der Waals surface area contributed by atoms with Gasteiger partial charge in [0, 0.05) is 18.5 Å². The lowest BCUT2D eigenvalue weighted by Crippen LogP contribution is -2.57. The maximum absolute atomic E-state index is 12.9. The molecule has 0 aromatic heterocycles. The summed E-state index contributed by atoms with van der Waals surface area (Å²) in [7, 11) is 0. The number of hydrazine groups is 1. The van der Waals surface area contributed by atoms with Crippen LogP contribution in [0.3, 0.4) is 0 Å². The lowest BCUT2D eigenvalue weighted by molar-refractivity contribution is -0.140. The summed E-state index contributed by atoms with van der Waals surface area (Å²) in [6.45, 7) is 6.02. The van der Waals surface area contributed by atoms with Gasteiger partial charge in [-0.3, -0.25) is 25.3 Å². The molecular weight excluding hydrogens is 454 g/mol. The van der Waals surface area contributed by atoms with Gasteiger partial charge in [0.15, 0.2) is 0 Å². The van der Waals surface area contributed by atoms with Gasteiger partial charge in [-0.15, -0.1) is 0 Å². The minimum absolute atomic E-state index is 0.103. The van der Waals surface area contributed by atoms with Crippen LogP contribution in [0.2, 0.25) is 0 Å². The number of piperidine rings is 1. The molecule has 2 atom stereocenters. The summed E-state index contributed by atoms with van der Waals surface area (Å²) < 4.78 is 5.21. The van der Waals surface area contributed by atoms with Crippen LogP contribution in [0, 0.1) is 5.92 Å². The molecule has 3 fully saturated rings. The molecule has 3 aliphatic rings. The van der Waals surface area contributed by atoms with E-state index in [1.165, 1.54) is 9.96 Å². The highest BCUT2D eigenvalue weighted by Crippen LogP contribution is 2.31. The number of ether oxygens (including phenoxy) is 1. The van der Waals surface area contributed by atoms with Crippen molar-refractivity contribution in [2.24, 2.45) is 5.92 Å². The molecule has 2 bridgehead atoms. The third-order valence-corrected chi connectivity index (χ3v) is 6.38. The van der Waals surface area contributed by atoms with Crippen molar-refractivity contribution in [1.82, 2.24) is 26.1 Å². The number of hydrogen-bond donors (Lipinski definition) is 3. The van der Waals surface area contributed by atoms with Crippen molar-refractivity contribution in [2.75, 3.05) is 6.54 Å². The molecule has 4 rings (SSSR count). The second kappa shape index (κ2) is 10.1. The predicted molar refractivity (Wildman–Crippen MR) is 124 cm³/mol. The molecule has 35 heavy (non-hydrogen) atoms. The Morgan fingerprint density at radius 2 is 1.71 bits per heavy atom. The third-order valence-electron chi connectivity index (χ3n) is 6.38. The fraction of sp³-hybridized carbons (Fsp3) is 0.583. The number of nitrogens with one attached hydrogen (secondary N) is 3. The molecule has 0 spiro atoms. The monoisotopic (exact) mass is 487 g/mol. The van der Waals surface area contributed by atoms with Crippen molar-refractivity contribution in [2.45, 2.75) is 76.8 Å². The summed E-state index contributed by atoms with van der Waals surface area (Å²) in [4.78, 5) is 57.1. The van der Waals surface area contributed by atoms with E-state index in [4.69, 9.17) is 9.57 Å². The molecule has 5 amide bonds. The Balaban J connectivity index is 1.19. The minimum Gasteiger partial charge on any atom is -0.444 e. The fourth-order valence-electron chi connectivity index (χ4n) is 4.52. The molecule has 2 heterocycles. The Labute approximate surface area is 204 Å². The Morgan fingerprint density at radius 3 is 2.40 bits per heavy atom. The molecule has 2 saturated heterocycles. The SMILES string of the molecule is CC(C)(C)OC(=O)NC1CC(C(=O)NNC(=O)[C@@H]2CC[C@H]3CN2C(=O)N3OCc2ccccc2)C1. The number of carbonyl (C=O) groups excluding carboxylic acids is 4. The molecule has 2 aliphatic heterocycles. The lowest BCUT2D eigenvalue weighted by Gasteiger charge is -2.35. The highest BCUT2D eigenvalue weighted by Gasteiger charge is 2.48. The zero-order valence-electron chi connectivity index (χ0n) is 20.3. The number of carbonyl (C=O) groups is 4. The first-order valence-electron chi connectivity index (χ1n) is 12.0. The van der Waals surface area contributed by atoms with E-state index in [0.717, 1.165) is 5.56 Å². The summed E-state index contributed by atoms with van der Waals surface area (Å²) in [5.74, 6) is -1.08. The predicted octanol–water partition coefficient (Wildman–Crippen LogP) is 1.84. The van der Waals surface area contributed by atoms with Crippen molar-refractivity contribution in [3.63, 3.8) is 0 Å². The molecule has 1 saturated carbocycles. The molecule has 3 N–H and O–H groups in total. The van der Waals surface area contributed by atoms with Crippen LogP contribution in [0.5, 0.6) is 0 Å². The van der Waals surface area contributed by atoms with Gasteiger partial charge >= 0.3 is 12.1 Å². The van der Waals surface area contributed by atoms with E-state index in [1.807, 2.05) is 30.3 Å². The highest BCUT2D eigenvalue weighted by molar-refractivity contribution is 5.90. The van der Waals surface area contributed by atoms with Crippen molar-refractivity contribution in [1.29, 1.82) is 0 Å². The molecule has 0 unspecified atom stereocenters. The summed E-state index contributed by atoms with van der Waals surface area (Å²) in [6.07, 6.45) is 1.52. The lowest BCUT2D eigenvalue weighted by atomic mass is 9.80. The Kier molecular flexibility index (Phi) is 7.15. The first-order valence-corrected chi connectivity index (χ1v) is 12.0. The average Bonchev–Trinajstić information content (AvgIpc) is 3.01. The number of benzene rings is 1. The molecule has 1 aliphatic carbocycles. The first-order chi connectivity index (χ1) is 16.6. The van der Waals surface area contributed by atoms with E-state index in [1.54, 1.807) is 20.8 Å². The van der Waals surface area contributed by atoms with Gasteiger partial charge in [0.2, 0.25) is 5.91 Å². The van der Waals surface area contributed by atoms with Gasteiger partial charge in [0.25, 0.3) is 5.91 Å². The molecule has 1 aromatic carbocycles. The number of fused-ring (bicyclic) bond motifs is 2. The van der Waals surface area contributed by atoms with Crippen LogP contribution in [0.4, 0.5) is 9.59 Å². The number of rotatable bonds is 6. The number of urea groups is 1. The molecule has 0 radical (unpaired) electrons. The van der Waals surface area contributed by atoms with Gasteiger partial charge in [0.1, 0.15) is 18.2 Å². The standard InChI is InChI=1S/C24H33N5O6/c1-24(2,3)35-22(32)25-17-11-16(12-17)20(30)26-27-21(31)19-10-9-18-13-28(19)23(33)29(18)34-14-15-7-5-4-6-8-15/h4-8,16-19H,9-14H2,1-3H3,(H,25,32)(H,26,30)(H,27,31)/t16?,17?,18-,19-/m0/s1. The quantitative estimate of drug-likeness (QED) is 0.525. The van der Waals surface area contributed by atoms with Crippen LogP contribution in [0.1, 0.15) is 52.0 Å². The normalized spacial score (nSPS) is 25.5. The zero-order chi connectivity index (χ0) is 25.2. The van der Waals surface area contributed by atoms with E-state index in [2.05, 4.69) is 16.2 Å². The van der Waals surface area contributed by atoms with Crippen molar-refractivity contribution in [3.8, 4) is 0 Å². The fourth-order valence-corrected chi connectivity index (χ4v) is 4.52. The van der Waals surface area contributed by atoms with E-state index in [9.17, 15) is 19.2 Å². The van der Waals surface area contributed by atoms with Crippen LogP contribution in [0.25, 0.3) is 0 Å². The number of alkyl carbamates (subject to hydrolysis) is 1. The maximum atomic E-state index is 12.9. The van der Waals surface area contributed by atoms with Crippen LogP contribution >= 0.6 is 0 Å². The summed E-state index contributed by atoms with van der Waals surface area (Å²) in [5, 5.41) is 4.10. The molecule has 11 nitrogen and oxygen atoms in total. The van der Waals surface area contributed by atoms with Crippen molar-refractivity contribution < 1.29 is 28.8 Å². The van der Waals surface area contributed by atoms with E-state index in [0.29, 0.717) is 32.2 Å². The smallest absolute Gasteiger partial charge is 0.407 e. The van der Waals surface area contributed by atoms with Gasteiger partial charge in [-0.2, -0.15) is 5.06 Å². The Bertz CT molecular complexity index is 959. The van der Waals surface area contributed by atoms with Crippen molar-refractivity contribution in [3.05, 3.63) is 35.9 Å². The van der Waals surface area contributed by atoms with E-state index >= 15 is 0 Å². The Morgan fingerprint density at radius 1 is 1.03 bits per heavy atom. The van der Waals surface area contributed by atoms with Gasteiger partial charge < -0.3 is 15.0 Å². The van der Waals surface area contributed by atoms with Gasteiger partial charge in [-0.05, 0) is 52.0 Å². The van der Waals surface area contributed by atoms with E-state index < -0.39 is 23.6 Å². The van der Waals surface area contributed by atoms with Crippen molar-refractivity contribution >= 4 is 23.9 Å². The summed E-state index contributed by atoms with van der Waals surface area (Å²) >= 11 is 0. The van der Waals surface area contributed by atoms with Crippen LogP contribution in [-0.4, -0.2) is 64.2 Å². The number of hydrogen-bond acceptors (Lipinski definition) is 6. The van der Waals surface area contributed by atoms with Gasteiger partial charge in [-0.1, -0.05) is 30.3 Å². The second-order valence-corrected chi connectivity index (χ2v) is 10.3. The van der Waals surface area contributed by atoms with E-state index in [-0.39, 0.29) is 36.5 Å². The molecule has 190 valence electrons. The summed E-state index contributed by atoms with van der Waals surface area (Å²) in [6, 6.07) is 8.30.